The second-order valence-electron chi connectivity index (χ2n) is 14.6. The maximum atomic E-state index is 12.2. The molecule has 2 saturated carbocycles. The third kappa shape index (κ3) is 9.13. The van der Waals surface area contributed by atoms with Crippen molar-refractivity contribution in [2.75, 3.05) is 23.7 Å². The second kappa shape index (κ2) is 17.0. The van der Waals surface area contributed by atoms with Crippen LogP contribution in [0.4, 0.5) is 11.6 Å². The molecule has 14 heteroatoms. The molecule has 9 rings (SSSR count). The summed E-state index contributed by atoms with van der Waals surface area (Å²) in [4.78, 5) is 53.4. The normalized spacial score (nSPS) is 13.3. The molecular formula is C44H45N11O3. The van der Waals surface area contributed by atoms with E-state index in [1.165, 1.54) is 18.1 Å². The van der Waals surface area contributed by atoms with Gasteiger partial charge in [0.05, 0.1) is 17.6 Å². The molecule has 294 valence electrons. The molecule has 3 aromatic carbocycles. The molecule has 0 radical (unpaired) electrons. The van der Waals surface area contributed by atoms with E-state index in [0.717, 1.165) is 59.7 Å². The van der Waals surface area contributed by atoms with Crippen LogP contribution < -0.4 is 26.6 Å². The molecule has 7 aromatic rings. The van der Waals surface area contributed by atoms with Gasteiger partial charge in [0.15, 0.2) is 22.9 Å². The van der Waals surface area contributed by atoms with E-state index in [-0.39, 0.29) is 17.7 Å². The van der Waals surface area contributed by atoms with Gasteiger partial charge in [0, 0.05) is 91.9 Å². The van der Waals surface area contributed by atoms with Crippen LogP contribution in [-0.2, 0) is 11.3 Å². The van der Waals surface area contributed by atoms with E-state index in [1.54, 1.807) is 18.6 Å². The molecule has 0 unspecified atom stereocenters. The number of anilines is 2. The Balaban J connectivity index is 0.000000162. The molecule has 0 bridgehead atoms. The van der Waals surface area contributed by atoms with Crippen LogP contribution in [0, 0.1) is 6.92 Å². The summed E-state index contributed by atoms with van der Waals surface area (Å²) in [5.74, 6) is 1.28. The van der Waals surface area contributed by atoms with E-state index < -0.39 is 0 Å². The summed E-state index contributed by atoms with van der Waals surface area (Å²) in [5.41, 5.74) is 8.93. The Morgan fingerprint density at radius 1 is 0.707 bits per heavy atom. The fourth-order valence-corrected chi connectivity index (χ4v) is 6.43. The van der Waals surface area contributed by atoms with E-state index in [2.05, 4.69) is 60.6 Å². The number of hydrogen-bond acceptors (Lipinski definition) is 9. The Morgan fingerprint density at radius 2 is 1.36 bits per heavy atom. The maximum absolute atomic E-state index is 12.2. The van der Waals surface area contributed by atoms with Crippen molar-refractivity contribution in [1.82, 2.24) is 44.7 Å². The minimum absolute atomic E-state index is 0.0114. The first-order chi connectivity index (χ1) is 28.3. The average Bonchev–Trinajstić information content (AvgIpc) is 4.15. The average molecular weight is 776 g/mol. The van der Waals surface area contributed by atoms with Crippen molar-refractivity contribution < 1.29 is 14.4 Å². The maximum Gasteiger partial charge on any atom is 0.251 e. The highest BCUT2D eigenvalue weighted by atomic mass is 16.2. The van der Waals surface area contributed by atoms with Gasteiger partial charge in [-0.05, 0) is 68.0 Å². The monoisotopic (exact) mass is 775 g/mol. The number of aromatic nitrogens is 6. The quantitative estimate of drug-likeness (QED) is 0.0876. The first-order valence-electron chi connectivity index (χ1n) is 19.5. The van der Waals surface area contributed by atoms with E-state index in [4.69, 9.17) is 4.98 Å². The van der Waals surface area contributed by atoms with Crippen molar-refractivity contribution in [3.05, 3.63) is 132 Å². The molecule has 0 spiro atoms. The summed E-state index contributed by atoms with van der Waals surface area (Å²) in [5, 5.41) is 15.4. The highest BCUT2D eigenvalue weighted by Gasteiger charge is 2.25. The van der Waals surface area contributed by atoms with Gasteiger partial charge in [-0.25, -0.2) is 19.9 Å². The van der Waals surface area contributed by atoms with Gasteiger partial charge < -0.3 is 31.0 Å². The molecule has 0 atom stereocenters. The lowest BCUT2D eigenvalue weighted by Gasteiger charge is -2.12. The smallest absolute Gasteiger partial charge is 0.251 e. The predicted molar refractivity (Wildman–Crippen MR) is 224 cm³/mol. The third-order valence-corrected chi connectivity index (χ3v) is 10.0. The summed E-state index contributed by atoms with van der Waals surface area (Å²) < 4.78 is 3.92. The number of nitrogens with one attached hydrogen (secondary N) is 5. The molecule has 58 heavy (non-hydrogen) atoms. The summed E-state index contributed by atoms with van der Waals surface area (Å²) in [7, 11) is 0. The van der Waals surface area contributed by atoms with Gasteiger partial charge in [0.1, 0.15) is 0 Å². The van der Waals surface area contributed by atoms with Crippen molar-refractivity contribution in [3.8, 4) is 22.5 Å². The van der Waals surface area contributed by atoms with E-state index in [0.29, 0.717) is 54.3 Å². The molecule has 4 heterocycles. The summed E-state index contributed by atoms with van der Waals surface area (Å²) >= 11 is 0. The van der Waals surface area contributed by atoms with Crippen LogP contribution >= 0.6 is 0 Å². The van der Waals surface area contributed by atoms with Crippen molar-refractivity contribution in [2.45, 2.75) is 58.2 Å². The Labute approximate surface area is 335 Å². The molecular weight excluding hydrogens is 731 g/mol. The first kappa shape index (κ1) is 37.8. The van der Waals surface area contributed by atoms with E-state index in [1.807, 2.05) is 88.1 Å². The zero-order chi connectivity index (χ0) is 40.0. The second-order valence-corrected chi connectivity index (χ2v) is 14.6. The number of carbonyl (C=O) groups excluding carboxylic acids is 3. The lowest BCUT2D eigenvalue weighted by molar-refractivity contribution is -0.118. The van der Waals surface area contributed by atoms with Gasteiger partial charge in [0.25, 0.3) is 11.8 Å². The van der Waals surface area contributed by atoms with Gasteiger partial charge in [0.2, 0.25) is 5.91 Å². The van der Waals surface area contributed by atoms with Crippen LogP contribution in [-0.4, -0.2) is 71.6 Å². The molecule has 5 N–H and O–H groups in total. The minimum atomic E-state index is -0.0645. The number of hydrogen-bond donors (Lipinski definition) is 5. The van der Waals surface area contributed by atoms with Crippen LogP contribution in [0.1, 0.15) is 64.4 Å². The van der Waals surface area contributed by atoms with Crippen LogP contribution in [0.2, 0.25) is 0 Å². The fourth-order valence-electron chi connectivity index (χ4n) is 6.43. The van der Waals surface area contributed by atoms with Crippen LogP contribution in [0.25, 0.3) is 33.8 Å². The molecule has 0 aliphatic heterocycles. The minimum Gasteiger partial charge on any atom is -0.365 e. The number of carbonyl (C=O) groups is 3. The van der Waals surface area contributed by atoms with E-state index in [9.17, 15) is 14.4 Å². The van der Waals surface area contributed by atoms with Crippen molar-refractivity contribution in [1.29, 1.82) is 0 Å². The van der Waals surface area contributed by atoms with Crippen molar-refractivity contribution in [3.63, 3.8) is 0 Å². The van der Waals surface area contributed by atoms with Crippen molar-refractivity contribution >= 4 is 40.7 Å². The zero-order valence-electron chi connectivity index (χ0n) is 32.4. The number of benzene rings is 3. The Morgan fingerprint density at radius 3 is 2.02 bits per heavy atom. The summed E-state index contributed by atoms with van der Waals surface area (Å²) in [6.45, 7) is 5.33. The molecule has 14 nitrogen and oxygen atoms in total. The lowest BCUT2D eigenvalue weighted by Crippen LogP contribution is -2.26. The van der Waals surface area contributed by atoms with Gasteiger partial charge in [-0.15, -0.1) is 0 Å². The van der Waals surface area contributed by atoms with E-state index >= 15 is 0 Å². The van der Waals surface area contributed by atoms with Crippen LogP contribution in [0.15, 0.2) is 110 Å². The SMILES string of the molecule is CC(=O)NCCNc1nccn2c(-c3ccc(C(=O)NC4CC4)cc3)cnc12.Cc1ccccc1CNc1nc(-c2ccc(C(=O)NC3CC3)cc2)cn2ccnc12. The van der Waals surface area contributed by atoms with Crippen LogP contribution in [0.5, 0.6) is 0 Å². The predicted octanol–water partition coefficient (Wildman–Crippen LogP) is 6.05. The van der Waals surface area contributed by atoms with Gasteiger partial charge in [-0.3, -0.25) is 18.8 Å². The lowest BCUT2D eigenvalue weighted by atomic mass is 10.1. The molecule has 0 saturated heterocycles. The van der Waals surface area contributed by atoms with Crippen molar-refractivity contribution in [2.24, 2.45) is 0 Å². The number of fused-ring (bicyclic) bond motifs is 2. The third-order valence-electron chi connectivity index (χ3n) is 10.0. The topological polar surface area (TPSA) is 172 Å². The Bertz CT molecular complexity index is 2570. The summed E-state index contributed by atoms with van der Waals surface area (Å²) in [6, 6.07) is 24.1. The van der Waals surface area contributed by atoms with Gasteiger partial charge in [-0.1, -0.05) is 48.5 Å². The molecule has 4 aromatic heterocycles. The van der Waals surface area contributed by atoms with Gasteiger partial charge in [-0.2, -0.15) is 0 Å². The number of imidazole rings is 2. The molecule has 2 aliphatic rings. The molecule has 3 amide bonds. The first-order valence-corrected chi connectivity index (χ1v) is 19.5. The standard InChI is InChI=1S/C24H23N5O.C20H22N6O2/c1-16-4-2-3-5-19(16)14-26-22-23-25-12-13-29(23)15-21(28-22)17-6-8-18(9-7-17)24(30)27-20-10-11-20;1-13(27)21-8-9-22-18-19-24-12-17(26(19)11-10-23-18)14-2-4-15(5-3-14)20(28)25-16-6-7-16/h2-9,12-13,15,20H,10-11,14H2,1H3,(H,26,28)(H,27,30);2-5,10-12,16H,6-9H2,1H3,(H,21,27)(H,22,23)(H,25,28). The summed E-state index contributed by atoms with van der Waals surface area (Å²) in [6.07, 6.45) is 15.3. The van der Waals surface area contributed by atoms with Gasteiger partial charge >= 0.3 is 0 Å². The van der Waals surface area contributed by atoms with Crippen LogP contribution in [0.3, 0.4) is 0 Å². The fraction of sp³-hybridized carbons (Fsp3) is 0.250. The Kier molecular flexibility index (Phi) is 11.1. The Hall–Kier alpha value is -7.09. The largest absolute Gasteiger partial charge is 0.365 e. The molecule has 2 aliphatic carbocycles. The highest BCUT2D eigenvalue weighted by Crippen LogP contribution is 2.26. The number of nitrogens with zero attached hydrogens (tertiary/aromatic N) is 6. The number of amides is 3. The zero-order valence-corrected chi connectivity index (χ0v) is 32.4. The number of rotatable bonds is 13. The molecule has 2 fully saturated rings. The number of aryl methyl sites for hydroxylation is 1. The highest BCUT2D eigenvalue weighted by molar-refractivity contribution is 5.95.